The first-order valence-electron chi connectivity index (χ1n) is 6.27. The summed E-state index contributed by atoms with van der Waals surface area (Å²) < 4.78 is 27.9. The van der Waals surface area contributed by atoms with Gasteiger partial charge in [-0.1, -0.05) is 0 Å². The molecule has 21 heavy (non-hydrogen) atoms. The molecule has 0 atom stereocenters. The van der Waals surface area contributed by atoms with Crippen molar-refractivity contribution in [1.29, 1.82) is 0 Å². The molecule has 0 fully saturated rings. The van der Waals surface area contributed by atoms with E-state index >= 15 is 0 Å². The van der Waals surface area contributed by atoms with Crippen LogP contribution in [0.3, 0.4) is 0 Å². The van der Waals surface area contributed by atoms with Gasteiger partial charge in [0.25, 0.3) is 0 Å². The summed E-state index contributed by atoms with van der Waals surface area (Å²) in [6.07, 6.45) is 1.41. The zero-order valence-electron chi connectivity index (χ0n) is 12.1. The van der Waals surface area contributed by atoms with E-state index in [9.17, 15) is 13.2 Å². The third-order valence-electron chi connectivity index (χ3n) is 2.55. The molecule has 1 rings (SSSR count). The van der Waals surface area contributed by atoms with Crippen molar-refractivity contribution in [2.45, 2.75) is 11.3 Å². The number of amides is 1. The number of hydrogen-bond acceptors (Lipinski definition) is 5. The van der Waals surface area contributed by atoms with Gasteiger partial charge in [-0.2, -0.15) is 0 Å². The Kier molecular flexibility index (Phi) is 9.00. The highest BCUT2D eigenvalue weighted by molar-refractivity contribution is 7.90. The molecule has 0 unspecified atom stereocenters. The molecular weight excluding hydrogens is 316 g/mol. The molecule has 8 heteroatoms. The maximum absolute atomic E-state index is 11.4. The molecule has 0 radical (unpaired) electrons. The Hall–Kier alpha value is -1.31. The fourth-order valence-electron chi connectivity index (χ4n) is 1.46. The predicted molar refractivity (Wildman–Crippen MR) is 83.8 cm³/mol. The van der Waals surface area contributed by atoms with Crippen LogP contribution in [-0.4, -0.2) is 47.3 Å². The molecule has 6 nitrogen and oxygen atoms in total. The standard InChI is InChI=1S/C13H20N2O4S.ClH/c1-14-8-9-15-13(16)7-10-19-11-3-5-12(6-4-11)20(2,17)18;/h3-6,14H,7-10H2,1-2H3,(H,15,16);1H. The lowest BCUT2D eigenvalue weighted by Gasteiger charge is -2.07. The average Bonchev–Trinajstić information content (AvgIpc) is 2.38. The van der Waals surface area contributed by atoms with Gasteiger partial charge in [-0.05, 0) is 31.3 Å². The second kappa shape index (κ2) is 9.59. The average molecular weight is 337 g/mol. The van der Waals surface area contributed by atoms with Gasteiger partial charge in [-0.15, -0.1) is 12.4 Å². The van der Waals surface area contributed by atoms with Gasteiger partial charge in [-0.3, -0.25) is 4.79 Å². The number of carbonyl (C=O) groups is 1. The number of likely N-dealkylation sites (N-methyl/N-ethyl adjacent to an activating group) is 1. The highest BCUT2D eigenvalue weighted by Gasteiger charge is 2.06. The third-order valence-corrected chi connectivity index (χ3v) is 3.68. The van der Waals surface area contributed by atoms with Gasteiger partial charge in [-0.25, -0.2) is 8.42 Å². The summed E-state index contributed by atoms with van der Waals surface area (Å²) in [4.78, 5) is 11.6. The zero-order valence-corrected chi connectivity index (χ0v) is 13.7. The second-order valence-corrected chi connectivity index (χ2v) is 6.31. The Bertz CT molecular complexity index is 532. The van der Waals surface area contributed by atoms with E-state index in [1.807, 2.05) is 7.05 Å². The van der Waals surface area contributed by atoms with Gasteiger partial charge >= 0.3 is 0 Å². The first-order valence-corrected chi connectivity index (χ1v) is 8.17. The molecule has 0 aromatic heterocycles. The van der Waals surface area contributed by atoms with Crippen LogP contribution < -0.4 is 15.4 Å². The zero-order chi connectivity index (χ0) is 15.0. The van der Waals surface area contributed by atoms with Gasteiger partial charge in [0.05, 0.1) is 17.9 Å². The van der Waals surface area contributed by atoms with Crippen molar-refractivity contribution >= 4 is 28.2 Å². The van der Waals surface area contributed by atoms with E-state index in [0.717, 1.165) is 12.8 Å². The van der Waals surface area contributed by atoms with Gasteiger partial charge in [0.2, 0.25) is 5.91 Å². The van der Waals surface area contributed by atoms with Crippen molar-refractivity contribution in [3.63, 3.8) is 0 Å². The number of carbonyl (C=O) groups excluding carboxylic acids is 1. The topological polar surface area (TPSA) is 84.5 Å². The van der Waals surface area contributed by atoms with Gasteiger partial charge in [0.1, 0.15) is 5.75 Å². The summed E-state index contributed by atoms with van der Waals surface area (Å²) in [5.74, 6) is 0.466. The van der Waals surface area contributed by atoms with Crippen LogP contribution in [0.2, 0.25) is 0 Å². The third kappa shape index (κ3) is 7.89. The fraction of sp³-hybridized carbons (Fsp3) is 0.462. The van der Waals surface area contributed by atoms with E-state index in [1.165, 1.54) is 12.1 Å². The summed E-state index contributed by atoms with van der Waals surface area (Å²) in [7, 11) is -1.38. The van der Waals surface area contributed by atoms with Crippen molar-refractivity contribution in [3.8, 4) is 5.75 Å². The van der Waals surface area contributed by atoms with Crippen LogP contribution in [0.4, 0.5) is 0 Å². The predicted octanol–water partition coefficient (Wildman–Crippen LogP) is 0.616. The molecule has 2 N–H and O–H groups in total. The number of hydrogen-bond donors (Lipinski definition) is 2. The minimum Gasteiger partial charge on any atom is -0.493 e. The van der Waals surface area contributed by atoms with Crippen LogP contribution in [0, 0.1) is 0 Å². The first kappa shape index (κ1) is 19.7. The van der Waals surface area contributed by atoms with E-state index in [-0.39, 0.29) is 36.2 Å². The Labute approximate surface area is 131 Å². The molecule has 1 aromatic rings. The van der Waals surface area contributed by atoms with Crippen molar-refractivity contribution in [3.05, 3.63) is 24.3 Å². The number of rotatable bonds is 8. The lowest BCUT2D eigenvalue weighted by molar-refractivity contribution is -0.121. The Morgan fingerprint density at radius 1 is 1.19 bits per heavy atom. The van der Waals surface area contributed by atoms with Crippen LogP contribution in [0.1, 0.15) is 6.42 Å². The molecule has 0 aliphatic heterocycles. The fourth-order valence-corrected chi connectivity index (χ4v) is 2.09. The number of halogens is 1. The van der Waals surface area contributed by atoms with Gasteiger partial charge in [0, 0.05) is 19.3 Å². The van der Waals surface area contributed by atoms with E-state index in [1.54, 1.807) is 12.1 Å². The lowest BCUT2D eigenvalue weighted by atomic mass is 10.3. The monoisotopic (exact) mass is 336 g/mol. The summed E-state index contributed by atoms with van der Waals surface area (Å²) >= 11 is 0. The van der Waals surface area contributed by atoms with E-state index < -0.39 is 9.84 Å². The van der Waals surface area contributed by atoms with Crippen molar-refractivity contribution in [2.24, 2.45) is 0 Å². The highest BCUT2D eigenvalue weighted by atomic mass is 35.5. The lowest BCUT2D eigenvalue weighted by Crippen LogP contribution is -2.31. The minimum absolute atomic E-state index is 0. The summed E-state index contributed by atoms with van der Waals surface area (Å²) in [5, 5.41) is 5.67. The molecule has 0 heterocycles. The largest absolute Gasteiger partial charge is 0.493 e. The molecule has 0 bridgehead atoms. The van der Waals surface area contributed by atoms with Crippen molar-refractivity contribution in [2.75, 3.05) is 33.0 Å². The smallest absolute Gasteiger partial charge is 0.223 e. The van der Waals surface area contributed by atoms with Crippen LogP contribution in [0.25, 0.3) is 0 Å². The van der Waals surface area contributed by atoms with E-state index in [2.05, 4.69) is 10.6 Å². The number of ether oxygens (including phenoxy) is 1. The van der Waals surface area contributed by atoms with Crippen molar-refractivity contribution < 1.29 is 17.9 Å². The molecule has 0 aliphatic carbocycles. The maximum atomic E-state index is 11.4. The maximum Gasteiger partial charge on any atom is 0.223 e. The highest BCUT2D eigenvalue weighted by Crippen LogP contribution is 2.15. The van der Waals surface area contributed by atoms with Crippen LogP contribution in [0.15, 0.2) is 29.2 Å². The molecule has 0 saturated heterocycles. The molecular formula is C13H21ClN2O4S. The SMILES string of the molecule is CNCCNC(=O)CCOc1ccc(S(C)(=O)=O)cc1.Cl. The van der Waals surface area contributed by atoms with Crippen LogP contribution in [0.5, 0.6) is 5.75 Å². The summed E-state index contributed by atoms with van der Waals surface area (Å²) in [6.45, 7) is 1.56. The van der Waals surface area contributed by atoms with E-state index in [4.69, 9.17) is 4.74 Å². The number of nitrogens with one attached hydrogen (secondary N) is 2. The minimum atomic E-state index is -3.19. The summed E-state index contributed by atoms with van der Waals surface area (Å²) in [6, 6.07) is 6.12. The molecule has 0 aliphatic rings. The van der Waals surface area contributed by atoms with Crippen molar-refractivity contribution in [1.82, 2.24) is 10.6 Å². The Morgan fingerprint density at radius 2 is 1.81 bits per heavy atom. The molecule has 0 saturated carbocycles. The normalized spacial score (nSPS) is 10.6. The second-order valence-electron chi connectivity index (χ2n) is 4.30. The van der Waals surface area contributed by atoms with Crippen LogP contribution in [-0.2, 0) is 14.6 Å². The molecule has 120 valence electrons. The molecule has 1 aromatic carbocycles. The summed E-state index contributed by atoms with van der Waals surface area (Å²) in [5.41, 5.74) is 0. The quantitative estimate of drug-likeness (QED) is 0.680. The van der Waals surface area contributed by atoms with Gasteiger partial charge in [0.15, 0.2) is 9.84 Å². The molecule has 1 amide bonds. The number of benzene rings is 1. The van der Waals surface area contributed by atoms with E-state index in [0.29, 0.717) is 12.3 Å². The van der Waals surface area contributed by atoms with Gasteiger partial charge < -0.3 is 15.4 Å². The van der Waals surface area contributed by atoms with Crippen LogP contribution >= 0.6 is 12.4 Å². The first-order chi connectivity index (χ1) is 9.43. The Balaban J connectivity index is 0.00000400. The molecule has 0 spiro atoms. The Morgan fingerprint density at radius 3 is 2.33 bits per heavy atom. The number of sulfone groups is 1.